The van der Waals surface area contributed by atoms with E-state index in [1.165, 1.54) is 12.1 Å². The van der Waals surface area contributed by atoms with Crippen LogP contribution in [0.25, 0.3) is 0 Å². The summed E-state index contributed by atoms with van der Waals surface area (Å²) in [7, 11) is 0. The number of nitriles is 1. The number of fused-ring (bicyclic) bond motifs is 1. The van der Waals surface area contributed by atoms with Crippen LogP contribution < -0.4 is 24.7 Å². The summed E-state index contributed by atoms with van der Waals surface area (Å²) in [5, 5.41) is 10.2. The number of hydrogen-bond acceptors (Lipinski definition) is 7. The highest BCUT2D eigenvalue weighted by atomic mass is 35.5. The third-order valence-electron chi connectivity index (χ3n) is 5.61. The molecule has 3 aromatic rings. The quantitative estimate of drug-likeness (QED) is 0.254. The van der Waals surface area contributed by atoms with E-state index in [1.807, 2.05) is 38.1 Å². The first-order chi connectivity index (χ1) is 17.9. The molecule has 0 radical (unpaired) electrons. The van der Waals surface area contributed by atoms with Crippen molar-refractivity contribution in [2.75, 3.05) is 13.2 Å². The second kappa shape index (κ2) is 11.5. The van der Waals surface area contributed by atoms with Crippen molar-refractivity contribution in [3.05, 3.63) is 92.8 Å². The lowest BCUT2D eigenvalue weighted by Crippen LogP contribution is -2.21. The Hall–Kier alpha value is -3.86. The van der Waals surface area contributed by atoms with E-state index in [0.717, 1.165) is 17.7 Å². The molecule has 1 atom stereocenters. The lowest BCUT2D eigenvalue weighted by atomic mass is 9.83. The number of rotatable bonds is 8. The molecule has 0 saturated heterocycles. The average Bonchev–Trinajstić information content (AvgIpc) is 2.88. The van der Waals surface area contributed by atoms with Crippen molar-refractivity contribution >= 4 is 29.2 Å². The maximum absolute atomic E-state index is 12.8. The Kier molecular flexibility index (Phi) is 8.12. The Morgan fingerprint density at radius 3 is 2.32 bits per heavy atom. The largest absolute Gasteiger partial charge is 0.494 e. The standard InChI is InChI=1S/C28H24Cl2N2O5/c1-3-11-35-26-22(29)12-17(13-23(26)30)28(33)36-19-9-10-20-24(14-19)37-27(32)21(15-31)25(20)16-5-7-18(8-6-16)34-4-2/h5-10,12-14,25H,3-4,11,32H2,1-2H3. The molecule has 0 spiro atoms. The van der Waals surface area contributed by atoms with Gasteiger partial charge in [0.1, 0.15) is 28.9 Å². The molecule has 1 heterocycles. The molecule has 37 heavy (non-hydrogen) atoms. The first kappa shape index (κ1) is 26.2. The molecule has 0 bridgehead atoms. The van der Waals surface area contributed by atoms with E-state index in [0.29, 0.717) is 30.3 Å². The van der Waals surface area contributed by atoms with Crippen LogP contribution in [0.5, 0.6) is 23.0 Å². The molecular weight excluding hydrogens is 515 g/mol. The minimum Gasteiger partial charge on any atom is -0.494 e. The van der Waals surface area contributed by atoms with Gasteiger partial charge in [0.2, 0.25) is 5.88 Å². The van der Waals surface area contributed by atoms with E-state index >= 15 is 0 Å². The number of halogens is 2. The number of carbonyl (C=O) groups is 1. The van der Waals surface area contributed by atoms with Gasteiger partial charge in [0, 0.05) is 11.6 Å². The highest BCUT2D eigenvalue weighted by Gasteiger charge is 2.31. The number of benzene rings is 3. The van der Waals surface area contributed by atoms with Crippen LogP contribution in [0.1, 0.15) is 47.7 Å². The summed E-state index contributed by atoms with van der Waals surface area (Å²) in [5.41, 5.74) is 8.09. The summed E-state index contributed by atoms with van der Waals surface area (Å²) < 4.78 is 22.4. The first-order valence-corrected chi connectivity index (χ1v) is 12.4. The maximum atomic E-state index is 12.8. The van der Waals surface area contributed by atoms with Crippen molar-refractivity contribution < 1.29 is 23.7 Å². The van der Waals surface area contributed by atoms with Crippen LogP contribution in [0.15, 0.2) is 66.1 Å². The van der Waals surface area contributed by atoms with Gasteiger partial charge in [0.15, 0.2) is 5.75 Å². The zero-order valence-electron chi connectivity index (χ0n) is 20.2. The number of allylic oxidation sites excluding steroid dienone is 1. The number of carbonyl (C=O) groups excluding carboxylic acids is 1. The van der Waals surface area contributed by atoms with Gasteiger partial charge in [-0.05, 0) is 49.2 Å². The number of nitrogens with zero attached hydrogens (tertiary/aromatic N) is 1. The van der Waals surface area contributed by atoms with Gasteiger partial charge in [-0.25, -0.2) is 4.79 Å². The molecule has 0 saturated carbocycles. The summed E-state index contributed by atoms with van der Waals surface area (Å²) in [6.45, 7) is 4.86. The smallest absolute Gasteiger partial charge is 0.343 e. The highest BCUT2D eigenvalue weighted by molar-refractivity contribution is 6.37. The van der Waals surface area contributed by atoms with Crippen molar-refractivity contribution in [2.45, 2.75) is 26.2 Å². The fourth-order valence-electron chi connectivity index (χ4n) is 3.95. The SMILES string of the molecule is CCCOc1c(Cl)cc(C(=O)Oc2ccc3c(c2)OC(N)=C(C#N)C3c2ccc(OCC)cc2)cc1Cl. The molecule has 190 valence electrons. The fraction of sp³-hybridized carbons (Fsp3) is 0.214. The molecule has 1 unspecified atom stereocenters. The van der Waals surface area contributed by atoms with Crippen molar-refractivity contribution in [3.63, 3.8) is 0 Å². The molecule has 3 aromatic carbocycles. The van der Waals surface area contributed by atoms with Crippen molar-refractivity contribution in [2.24, 2.45) is 5.73 Å². The summed E-state index contributed by atoms with van der Waals surface area (Å²) >= 11 is 12.5. The van der Waals surface area contributed by atoms with E-state index < -0.39 is 11.9 Å². The number of nitrogens with two attached hydrogens (primary N) is 1. The second-order valence-corrected chi connectivity index (χ2v) is 8.95. The Morgan fingerprint density at radius 1 is 1.03 bits per heavy atom. The predicted octanol–water partition coefficient (Wildman–Crippen LogP) is 6.62. The van der Waals surface area contributed by atoms with E-state index in [4.69, 9.17) is 47.9 Å². The van der Waals surface area contributed by atoms with Crippen LogP contribution in [0.2, 0.25) is 10.0 Å². The monoisotopic (exact) mass is 538 g/mol. The Bertz CT molecular complexity index is 1370. The van der Waals surface area contributed by atoms with Gasteiger partial charge in [0.25, 0.3) is 0 Å². The molecule has 0 amide bonds. The van der Waals surface area contributed by atoms with Crippen LogP contribution in [0, 0.1) is 11.3 Å². The van der Waals surface area contributed by atoms with Gasteiger partial charge >= 0.3 is 5.97 Å². The van der Waals surface area contributed by atoms with Crippen molar-refractivity contribution in [1.29, 1.82) is 5.26 Å². The fourth-order valence-corrected chi connectivity index (χ4v) is 4.55. The number of hydrogen-bond donors (Lipinski definition) is 1. The zero-order chi connectivity index (χ0) is 26.5. The van der Waals surface area contributed by atoms with E-state index in [-0.39, 0.29) is 32.8 Å². The normalized spacial score (nSPS) is 14.3. The first-order valence-electron chi connectivity index (χ1n) is 11.6. The molecule has 9 heteroatoms. The molecule has 1 aliphatic rings. The summed E-state index contributed by atoms with van der Waals surface area (Å²) in [5.74, 6) is 0.509. The topological polar surface area (TPSA) is 104 Å². The summed E-state index contributed by atoms with van der Waals surface area (Å²) in [4.78, 5) is 12.8. The van der Waals surface area contributed by atoms with Gasteiger partial charge in [-0.1, -0.05) is 48.3 Å². The average molecular weight is 539 g/mol. The lowest BCUT2D eigenvalue weighted by molar-refractivity contribution is 0.0734. The molecule has 0 aliphatic carbocycles. The summed E-state index contributed by atoms with van der Waals surface area (Å²) in [6, 6.07) is 17.4. The van der Waals surface area contributed by atoms with E-state index in [9.17, 15) is 10.1 Å². The zero-order valence-corrected chi connectivity index (χ0v) is 21.7. The van der Waals surface area contributed by atoms with Crippen LogP contribution in [-0.4, -0.2) is 19.2 Å². The molecule has 2 N–H and O–H groups in total. The van der Waals surface area contributed by atoms with E-state index in [1.54, 1.807) is 18.2 Å². The minimum atomic E-state index is -0.661. The lowest BCUT2D eigenvalue weighted by Gasteiger charge is -2.26. The summed E-state index contributed by atoms with van der Waals surface area (Å²) in [6.07, 6.45) is 0.784. The van der Waals surface area contributed by atoms with Crippen LogP contribution in [0.4, 0.5) is 0 Å². The Labute approximate surface area is 224 Å². The van der Waals surface area contributed by atoms with Gasteiger partial charge < -0.3 is 24.7 Å². The molecule has 0 fully saturated rings. The molecule has 7 nitrogen and oxygen atoms in total. The van der Waals surface area contributed by atoms with Crippen molar-refractivity contribution in [1.82, 2.24) is 0 Å². The number of esters is 1. The molecule has 0 aromatic heterocycles. The predicted molar refractivity (Wildman–Crippen MR) is 141 cm³/mol. The second-order valence-electron chi connectivity index (χ2n) is 8.13. The third-order valence-corrected chi connectivity index (χ3v) is 6.17. The van der Waals surface area contributed by atoms with Crippen LogP contribution >= 0.6 is 23.2 Å². The maximum Gasteiger partial charge on any atom is 0.343 e. The molecule has 1 aliphatic heterocycles. The van der Waals surface area contributed by atoms with Gasteiger partial charge in [-0.2, -0.15) is 5.26 Å². The minimum absolute atomic E-state index is 0.0152. The van der Waals surface area contributed by atoms with Crippen LogP contribution in [0.3, 0.4) is 0 Å². The highest BCUT2D eigenvalue weighted by Crippen LogP contribution is 2.44. The van der Waals surface area contributed by atoms with Gasteiger partial charge in [0.05, 0.1) is 34.7 Å². The Balaban J connectivity index is 1.61. The van der Waals surface area contributed by atoms with E-state index in [2.05, 4.69) is 6.07 Å². The van der Waals surface area contributed by atoms with Gasteiger partial charge in [-0.3, -0.25) is 0 Å². The Morgan fingerprint density at radius 2 is 1.70 bits per heavy atom. The van der Waals surface area contributed by atoms with Crippen LogP contribution in [-0.2, 0) is 0 Å². The number of ether oxygens (including phenoxy) is 4. The van der Waals surface area contributed by atoms with Gasteiger partial charge in [-0.15, -0.1) is 0 Å². The molecule has 4 rings (SSSR count). The molecular formula is C28H24Cl2N2O5. The van der Waals surface area contributed by atoms with Crippen molar-refractivity contribution in [3.8, 4) is 29.1 Å². The third kappa shape index (κ3) is 5.61.